The minimum atomic E-state index is 0.0746. The van der Waals surface area contributed by atoms with Gasteiger partial charge in [0.05, 0.1) is 0 Å². The molecule has 0 atom stereocenters. The van der Waals surface area contributed by atoms with Crippen LogP contribution in [0.5, 0.6) is 0 Å². The summed E-state index contributed by atoms with van der Waals surface area (Å²) in [6.07, 6.45) is 3.64. The molecule has 1 aliphatic heterocycles. The fourth-order valence-electron chi connectivity index (χ4n) is 1.49. The van der Waals surface area contributed by atoms with Crippen LogP contribution in [0.2, 0.25) is 0 Å². The first-order valence-electron chi connectivity index (χ1n) is 4.33. The maximum atomic E-state index is 7.34. The van der Waals surface area contributed by atoms with E-state index in [-0.39, 0.29) is 5.55 Å². The molecule has 1 aromatic rings. The van der Waals surface area contributed by atoms with Gasteiger partial charge in [0.15, 0.2) is 0 Å². The highest BCUT2D eigenvalue weighted by Gasteiger charge is 2.17. The Balaban J connectivity index is 2.23. The van der Waals surface area contributed by atoms with E-state index in [1.807, 2.05) is 0 Å². The number of nitrogens with zero attached hydrogens (tertiary/aromatic N) is 3. The number of rotatable bonds is 1. The average molecular weight is 247 g/mol. The third-order valence-corrected chi connectivity index (χ3v) is 2.85. The molecule has 1 aromatic heterocycles. The summed E-state index contributed by atoms with van der Waals surface area (Å²) in [4.78, 5) is 1.63. The molecular weight excluding hydrogens is 236 g/mol. The number of aromatic nitrogens is 2. The van der Waals surface area contributed by atoms with Crippen molar-refractivity contribution in [1.29, 1.82) is 5.41 Å². The zero-order chi connectivity index (χ0) is 9.26. The standard InChI is InChI=1S/C7H11BrN4O/c8-6-7(9)13-10-12(6)11-4-2-1-3-5-11/h9H,1-5H2. The van der Waals surface area contributed by atoms with Crippen molar-refractivity contribution < 1.29 is 9.31 Å². The van der Waals surface area contributed by atoms with Gasteiger partial charge >= 0.3 is 10.2 Å². The van der Waals surface area contributed by atoms with E-state index < -0.39 is 0 Å². The molecule has 5 nitrogen and oxygen atoms in total. The molecule has 1 N–H and O–H groups in total. The van der Waals surface area contributed by atoms with Gasteiger partial charge in [-0.25, -0.2) is 0 Å². The Bertz CT molecular complexity index is 339. The molecule has 0 amide bonds. The number of hydrogen-bond donors (Lipinski definition) is 1. The molecule has 1 saturated heterocycles. The molecule has 6 heteroatoms. The highest BCUT2D eigenvalue weighted by molar-refractivity contribution is 9.10. The molecule has 0 unspecified atom stereocenters. The van der Waals surface area contributed by atoms with Crippen molar-refractivity contribution in [3.05, 3.63) is 10.2 Å². The van der Waals surface area contributed by atoms with Crippen molar-refractivity contribution in [1.82, 2.24) is 5.27 Å². The Morgan fingerprint density at radius 1 is 1.38 bits per heavy atom. The van der Waals surface area contributed by atoms with Gasteiger partial charge in [-0.1, -0.05) is 11.2 Å². The van der Waals surface area contributed by atoms with E-state index >= 15 is 0 Å². The summed E-state index contributed by atoms with van der Waals surface area (Å²) in [5, 5.41) is 13.2. The van der Waals surface area contributed by atoms with Crippen LogP contribution in [0.3, 0.4) is 0 Å². The smallest absolute Gasteiger partial charge is 0.332 e. The minimum Gasteiger partial charge on any atom is -0.379 e. The maximum absolute atomic E-state index is 7.34. The first-order valence-corrected chi connectivity index (χ1v) is 5.12. The van der Waals surface area contributed by atoms with E-state index in [0.717, 1.165) is 13.1 Å². The van der Waals surface area contributed by atoms with Gasteiger partial charge in [0.25, 0.3) is 0 Å². The van der Waals surface area contributed by atoms with E-state index in [1.54, 1.807) is 4.79 Å². The summed E-state index contributed by atoms with van der Waals surface area (Å²) in [7, 11) is 0. The Morgan fingerprint density at radius 3 is 2.62 bits per heavy atom. The second kappa shape index (κ2) is 3.53. The number of hydrogen-bond acceptors (Lipinski definition) is 3. The SMILES string of the molecule is N=c1o[n-][n+](N2CCCCC2)c1Br. The molecule has 0 saturated carbocycles. The van der Waals surface area contributed by atoms with Crippen LogP contribution in [0.1, 0.15) is 19.3 Å². The van der Waals surface area contributed by atoms with Crippen molar-refractivity contribution >= 4 is 15.9 Å². The quantitative estimate of drug-likeness (QED) is 0.704. The van der Waals surface area contributed by atoms with Crippen LogP contribution in [-0.4, -0.2) is 13.1 Å². The molecule has 13 heavy (non-hydrogen) atoms. The van der Waals surface area contributed by atoms with E-state index in [9.17, 15) is 0 Å². The number of piperidine rings is 1. The third kappa shape index (κ3) is 1.63. The highest BCUT2D eigenvalue weighted by Crippen LogP contribution is 2.04. The summed E-state index contributed by atoms with van der Waals surface area (Å²) >= 11 is 3.26. The molecule has 0 aromatic carbocycles. The lowest BCUT2D eigenvalue weighted by atomic mass is 10.2. The lowest BCUT2D eigenvalue weighted by Gasteiger charge is -2.26. The first-order chi connectivity index (χ1) is 6.29. The summed E-state index contributed by atoms with van der Waals surface area (Å²) < 4.78 is 5.33. The highest BCUT2D eigenvalue weighted by atomic mass is 79.9. The normalized spacial score (nSPS) is 17.8. The van der Waals surface area contributed by atoms with Crippen LogP contribution in [-0.2, 0) is 0 Å². The van der Waals surface area contributed by atoms with Crippen molar-refractivity contribution in [3.8, 4) is 0 Å². The average Bonchev–Trinajstić information content (AvgIpc) is 2.49. The Morgan fingerprint density at radius 2 is 2.08 bits per heavy atom. The predicted molar refractivity (Wildman–Crippen MR) is 47.6 cm³/mol. The molecule has 2 heterocycles. The monoisotopic (exact) mass is 246 g/mol. The van der Waals surface area contributed by atoms with E-state index in [4.69, 9.17) is 9.93 Å². The topological polar surface area (TPSA) is 58.2 Å². The van der Waals surface area contributed by atoms with Gasteiger partial charge in [-0.05, 0) is 18.1 Å². The third-order valence-electron chi connectivity index (χ3n) is 2.17. The molecule has 0 aliphatic carbocycles. The second-order valence-corrected chi connectivity index (χ2v) is 3.85. The van der Waals surface area contributed by atoms with E-state index in [2.05, 4.69) is 26.2 Å². The van der Waals surface area contributed by atoms with Crippen LogP contribution >= 0.6 is 15.9 Å². The molecule has 0 radical (unpaired) electrons. The van der Waals surface area contributed by atoms with Crippen LogP contribution in [0, 0.1) is 5.41 Å². The van der Waals surface area contributed by atoms with Crippen molar-refractivity contribution in [3.63, 3.8) is 0 Å². The van der Waals surface area contributed by atoms with E-state index in [1.165, 1.54) is 19.3 Å². The van der Waals surface area contributed by atoms with Gasteiger partial charge in [0.1, 0.15) is 0 Å². The van der Waals surface area contributed by atoms with Crippen molar-refractivity contribution in [2.45, 2.75) is 19.3 Å². The fourth-order valence-corrected chi connectivity index (χ4v) is 1.85. The summed E-state index contributed by atoms with van der Waals surface area (Å²) in [6, 6.07) is 0. The Hall–Kier alpha value is -0.780. The van der Waals surface area contributed by atoms with Gasteiger partial charge in [0, 0.05) is 29.0 Å². The first kappa shape index (κ1) is 8.80. The fraction of sp³-hybridized carbons (Fsp3) is 0.714. The number of halogens is 1. The largest absolute Gasteiger partial charge is 0.379 e. The van der Waals surface area contributed by atoms with Crippen molar-refractivity contribution in [2.24, 2.45) is 0 Å². The molecule has 1 aliphatic rings. The molecular formula is C7H11BrN4O. The van der Waals surface area contributed by atoms with Crippen LogP contribution < -0.4 is 20.6 Å². The second-order valence-electron chi connectivity index (χ2n) is 3.10. The lowest BCUT2D eigenvalue weighted by Crippen LogP contribution is -2.63. The van der Waals surface area contributed by atoms with Crippen molar-refractivity contribution in [2.75, 3.05) is 18.1 Å². The minimum absolute atomic E-state index is 0.0746. The van der Waals surface area contributed by atoms with Crippen LogP contribution in [0.4, 0.5) is 0 Å². The maximum Gasteiger partial charge on any atom is 0.332 e. The summed E-state index contributed by atoms with van der Waals surface area (Å²) in [5.41, 5.74) is 0.0746. The molecule has 0 spiro atoms. The molecule has 2 rings (SSSR count). The zero-order valence-electron chi connectivity index (χ0n) is 7.16. The predicted octanol–water partition coefficient (Wildman–Crippen LogP) is -0.112. The molecule has 72 valence electrons. The molecule has 0 bridgehead atoms. The Kier molecular flexibility index (Phi) is 2.39. The zero-order valence-corrected chi connectivity index (χ0v) is 8.75. The van der Waals surface area contributed by atoms with E-state index in [0.29, 0.717) is 4.60 Å². The van der Waals surface area contributed by atoms with Gasteiger partial charge in [-0.2, -0.15) is 0 Å². The van der Waals surface area contributed by atoms with Gasteiger partial charge in [0.2, 0.25) is 0 Å². The number of nitrogens with one attached hydrogen (secondary N) is 1. The van der Waals surface area contributed by atoms with Gasteiger partial charge in [-0.15, -0.1) is 0 Å². The van der Waals surface area contributed by atoms with Gasteiger partial charge in [-0.3, -0.25) is 10.4 Å². The Labute approximate surface area is 83.9 Å². The summed E-state index contributed by atoms with van der Waals surface area (Å²) in [6.45, 7) is 1.96. The summed E-state index contributed by atoms with van der Waals surface area (Å²) in [5.74, 6) is 0. The molecule has 1 fully saturated rings. The van der Waals surface area contributed by atoms with Crippen LogP contribution in [0.15, 0.2) is 9.13 Å². The lowest BCUT2D eigenvalue weighted by molar-refractivity contribution is -0.773. The van der Waals surface area contributed by atoms with Gasteiger partial charge < -0.3 is 4.52 Å². The van der Waals surface area contributed by atoms with Crippen LogP contribution in [0.25, 0.3) is 0 Å².